The zero-order valence-corrected chi connectivity index (χ0v) is 13.9. The number of nitrogens with zero attached hydrogens (tertiary/aromatic N) is 2. The molecule has 0 atom stereocenters. The van der Waals surface area contributed by atoms with Crippen LogP contribution in [-0.2, 0) is 6.18 Å². The molecule has 134 valence electrons. The van der Waals surface area contributed by atoms with Crippen molar-refractivity contribution in [2.75, 3.05) is 5.32 Å². The minimum Gasteiger partial charge on any atom is -0.438 e. The lowest BCUT2D eigenvalue weighted by Gasteiger charge is -2.07. The van der Waals surface area contributed by atoms with E-state index in [-0.39, 0.29) is 23.2 Å². The molecule has 5 nitrogen and oxygen atoms in total. The van der Waals surface area contributed by atoms with Crippen LogP contribution in [0.5, 0.6) is 0 Å². The lowest BCUT2D eigenvalue weighted by molar-refractivity contribution is -0.157. The number of aromatic nitrogens is 2. The van der Waals surface area contributed by atoms with Crippen LogP contribution in [0.3, 0.4) is 0 Å². The summed E-state index contributed by atoms with van der Waals surface area (Å²) < 4.78 is 42.7. The van der Waals surface area contributed by atoms with E-state index in [1.807, 2.05) is 19.1 Å². The first kappa shape index (κ1) is 17.7. The molecule has 3 aromatic rings. The summed E-state index contributed by atoms with van der Waals surface area (Å²) in [4.78, 5) is 19.8. The molecule has 0 aliphatic rings. The Balaban J connectivity index is 1.80. The molecule has 0 spiro atoms. The number of aryl methyl sites for hydroxylation is 2. The molecule has 1 amide bonds. The van der Waals surface area contributed by atoms with Gasteiger partial charge in [0.15, 0.2) is 0 Å². The van der Waals surface area contributed by atoms with E-state index in [2.05, 4.69) is 19.7 Å². The molecule has 2 aromatic heterocycles. The lowest BCUT2D eigenvalue weighted by Crippen LogP contribution is -2.14. The van der Waals surface area contributed by atoms with Gasteiger partial charge in [0.2, 0.25) is 0 Å². The summed E-state index contributed by atoms with van der Waals surface area (Å²) in [6.07, 6.45) is -3.32. The highest BCUT2D eigenvalue weighted by Crippen LogP contribution is 2.33. The first-order chi connectivity index (χ1) is 12.3. The number of nitrogens with one attached hydrogen (secondary N) is 1. The van der Waals surface area contributed by atoms with Gasteiger partial charge in [-0.2, -0.15) is 13.2 Å². The summed E-state index contributed by atoms with van der Waals surface area (Å²) >= 11 is 0. The van der Waals surface area contributed by atoms with E-state index in [0.29, 0.717) is 11.1 Å². The molecule has 2 heterocycles. The number of carbonyl (C=O) groups is 1. The smallest absolute Gasteiger partial charge is 0.438 e. The molecule has 0 aliphatic heterocycles. The molecule has 1 N–H and O–H groups in total. The van der Waals surface area contributed by atoms with E-state index >= 15 is 0 Å². The fraction of sp³-hybridized carbons (Fsp3) is 0.167. The Morgan fingerprint density at radius 1 is 1.12 bits per heavy atom. The Morgan fingerprint density at radius 3 is 2.42 bits per heavy atom. The van der Waals surface area contributed by atoms with Crippen LogP contribution >= 0.6 is 0 Å². The van der Waals surface area contributed by atoms with Crippen LogP contribution in [0, 0.1) is 13.8 Å². The number of hydrogen-bond acceptors (Lipinski definition) is 4. The highest BCUT2D eigenvalue weighted by atomic mass is 19.4. The Kier molecular flexibility index (Phi) is 4.50. The molecule has 3 rings (SSSR count). The van der Waals surface area contributed by atoms with Gasteiger partial charge in [-0.15, -0.1) is 0 Å². The van der Waals surface area contributed by atoms with Gasteiger partial charge in [0, 0.05) is 17.3 Å². The van der Waals surface area contributed by atoms with Crippen molar-refractivity contribution in [1.82, 2.24) is 9.97 Å². The second kappa shape index (κ2) is 6.62. The standard InChI is InChI=1S/C18H14F3N3O2/c1-10-5-3-4-6-13(10)16(25)23-14-8-7-12(9-22-14)15-11(2)26-17(24-15)18(19,20)21/h3-9H,1-2H3,(H,22,23,25). The molecule has 0 saturated heterocycles. The molecule has 1 aromatic carbocycles. The molecule has 0 bridgehead atoms. The third-order valence-corrected chi connectivity index (χ3v) is 3.71. The summed E-state index contributed by atoms with van der Waals surface area (Å²) in [6.45, 7) is 3.21. The van der Waals surface area contributed by atoms with Gasteiger partial charge in [0.1, 0.15) is 17.3 Å². The number of anilines is 1. The Bertz CT molecular complexity index is 947. The van der Waals surface area contributed by atoms with Crippen LogP contribution in [-0.4, -0.2) is 15.9 Å². The topological polar surface area (TPSA) is 68.0 Å². The van der Waals surface area contributed by atoms with Crippen molar-refractivity contribution >= 4 is 11.7 Å². The minimum atomic E-state index is -4.65. The zero-order valence-electron chi connectivity index (χ0n) is 13.9. The molecule has 0 radical (unpaired) electrons. The zero-order chi connectivity index (χ0) is 18.9. The van der Waals surface area contributed by atoms with E-state index < -0.39 is 12.1 Å². The van der Waals surface area contributed by atoms with Crippen molar-refractivity contribution in [3.63, 3.8) is 0 Å². The van der Waals surface area contributed by atoms with Crippen molar-refractivity contribution in [2.24, 2.45) is 0 Å². The molecule has 0 fully saturated rings. The fourth-order valence-electron chi connectivity index (χ4n) is 2.40. The number of alkyl halides is 3. The van der Waals surface area contributed by atoms with E-state index in [9.17, 15) is 18.0 Å². The third kappa shape index (κ3) is 3.58. The average Bonchev–Trinajstić information content (AvgIpc) is 2.98. The van der Waals surface area contributed by atoms with Crippen molar-refractivity contribution in [1.29, 1.82) is 0 Å². The summed E-state index contributed by atoms with van der Waals surface area (Å²) in [5, 5.41) is 2.65. The molecule has 0 unspecified atom stereocenters. The summed E-state index contributed by atoms with van der Waals surface area (Å²) in [6, 6.07) is 10.1. The van der Waals surface area contributed by atoms with Gasteiger partial charge in [-0.25, -0.2) is 9.97 Å². The minimum absolute atomic E-state index is 0.0378. The predicted octanol–water partition coefficient (Wildman–Crippen LogP) is 4.62. The summed E-state index contributed by atoms with van der Waals surface area (Å²) in [5.74, 6) is -1.31. The molecular weight excluding hydrogens is 347 g/mol. The van der Waals surface area contributed by atoms with Gasteiger partial charge in [-0.3, -0.25) is 4.79 Å². The number of benzene rings is 1. The van der Waals surface area contributed by atoms with Gasteiger partial charge in [-0.1, -0.05) is 18.2 Å². The maximum absolute atomic E-state index is 12.7. The number of carbonyl (C=O) groups excluding carboxylic acids is 1. The number of pyridine rings is 1. The van der Waals surface area contributed by atoms with E-state index in [1.54, 1.807) is 12.1 Å². The summed E-state index contributed by atoms with van der Waals surface area (Å²) in [5.41, 5.74) is 1.75. The van der Waals surface area contributed by atoms with Crippen molar-refractivity contribution < 1.29 is 22.4 Å². The van der Waals surface area contributed by atoms with Crippen LogP contribution in [0.1, 0.15) is 27.6 Å². The number of halogens is 3. The maximum Gasteiger partial charge on any atom is 0.468 e. The summed E-state index contributed by atoms with van der Waals surface area (Å²) in [7, 11) is 0. The molecule has 0 aliphatic carbocycles. The monoisotopic (exact) mass is 361 g/mol. The van der Waals surface area contributed by atoms with Crippen LogP contribution in [0.4, 0.5) is 19.0 Å². The first-order valence-electron chi connectivity index (χ1n) is 7.64. The highest BCUT2D eigenvalue weighted by Gasteiger charge is 2.38. The second-order valence-electron chi connectivity index (χ2n) is 5.62. The van der Waals surface area contributed by atoms with Gasteiger partial charge >= 0.3 is 12.1 Å². The van der Waals surface area contributed by atoms with Gasteiger partial charge < -0.3 is 9.73 Å². The largest absolute Gasteiger partial charge is 0.468 e. The Morgan fingerprint density at radius 2 is 1.85 bits per heavy atom. The Hall–Kier alpha value is -3.16. The normalized spacial score (nSPS) is 11.4. The third-order valence-electron chi connectivity index (χ3n) is 3.71. The van der Waals surface area contributed by atoms with Crippen LogP contribution < -0.4 is 5.32 Å². The maximum atomic E-state index is 12.7. The average molecular weight is 361 g/mol. The fourth-order valence-corrected chi connectivity index (χ4v) is 2.40. The van der Waals surface area contributed by atoms with Crippen LogP contribution in [0.15, 0.2) is 47.0 Å². The Labute approximate surface area is 146 Å². The quantitative estimate of drug-likeness (QED) is 0.739. The van der Waals surface area contributed by atoms with Crippen LogP contribution in [0.25, 0.3) is 11.3 Å². The lowest BCUT2D eigenvalue weighted by atomic mass is 10.1. The molecule has 8 heteroatoms. The van der Waals surface area contributed by atoms with E-state index in [1.165, 1.54) is 25.3 Å². The van der Waals surface area contributed by atoms with Crippen LogP contribution in [0.2, 0.25) is 0 Å². The molecule has 0 saturated carbocycles. The number of amides is 1. The van der Waals surface area contributed by atoms with Gasteiger partial charge in [0.25, 0.3) is 5.91 Å². The van der Waals surface area contributed by atoms with Crippen molar-refractivity contribution in [3.8, 4) is 11.3 Å². The number of hydrogen-bond donors (Lipinski definition) is 1. The second-order valence-corrected chi connectivity index (χ2v) is 5.62. The van der Waals surface area contributed by atoms with Crippen molar-refractivity contribution in [2.45, 2.75) is 20.0 Å². The van der Waals surface area contributed by atoms with Gasteiger partial charge in [0.05, 0.1) is 0 Å². The van der Waals surface area contributed by atoms with Gasteiger partial charge in [-0.05, 0) is 37.6 Å². The molecular formula is C18H14F3N3O2. The predicted molar refractivity (Wildman–Crippen MR) is 88.6 cm³/mol. The molecule has 26 heavy (non-hydrogen) atoms. The first-order valence-corrected chi connectivity index (χ1v) is 7.64. The van der Waals surface area contributed by atoms with E-state index in [4.69, 9.17) is 0 Å². The van der Waals surface area contributed by atoms with E-state index in [0.717, 1.165) is 5.56 Å². The highest BCUT2D eigenvalue weighted by molar-refractivity contribution is 6.04. The SMILES string of the molecule is Cc1ccccc1C(=O)Nc1ccc(-c2nc(C(F)(F)F)oc2C)cn1. The van der Waals surface area contributed by atoms with Crippen molar-refractivity contribution in [3.05, 3.63) is 65.4 Å². The number of rotatable bonds is 3. The number of oxazole rings is 1.